The van der Waals surface area contributed by atoms with Crippen molar-refractivity contribution in [2.45, 2.75) is 13.0 Å². The van der Waals surface area contributed by atoms with Crippen LogP contribution in [0.4, 0.5) is 0 Å². The van der Waals surface area contributed by atoms with Crippen LogP contribution in [-0.2, 0) is 0 Å². The summed E-state index contributed by atoms with van der Waals surface area (Å²) in [6, 6.07) is 3.97. The highest BCUT2D eigenvalue weighted by Crippen LogP contribution is 2.36. The number of thiophene rings is 1. The van der Waals surface area contributed by atoms with Crippen molar-refractivity contribution in [3.63, 3.8) is 0 Å². The first kappa shape index (κ1) is 12.2. The summed E-state index contributed by atoms with van der Waals surface area (Å²) in [5.74, 6) is 0. The summed E-state index contributed by atoms with van der Waals surface area (Å²) in [4.78, 5) is 4.16. The van der Waals surface area contributed by atoms with Gasteiger partial charge in [0.15, 0.2) is 0 Å². The molecule has 0 radical (unpaired) electrons. The molecule has 5 heteroatoms. The highest BCUT2D eigenvalue weighted by molar-refractivity contribution is 9.12. The second-order valence-corrected chi connectivity index (χ2v) is 7.30. The summed E-state index contributed by atoms with van der Waals surface area (Å²) < 4.78 is 2.14. The lowest BCUT2D eigenvalue weighted by atomic mass is 10.0. The van der Waals surface area contributed by atoms with E-state index in [0.29, 0.717) is 0 Å². The summed E-state index contributed by atoms with van der Waals surface area (Å²) in [7, 11) is 0. The van der Waals surface area contributed by atoms with E-state index >= 15 is 0 Å². The normalized spacial score (nSPS) is 12.8. The predicted octanol–water partition coefficient (Wildman–Crippen LogP) is 4.02. The van der Waals surface area contributed by atoms with Gasteiger partial charge in [-0.1, -0.05) is 6.07 Å². The van der Waals surface area contributed by atoms with E-state index in [-0.39, 0.29) is 6.04 Å². The monoisotopic (exact) mass is 360 g/mol. The van der Waals surface area contributed by atoms with E-state index < -0.39 is 0 Å². The molecule has 84 valence electrons. The van der Waals surface area contributed by atoms with Crippen LogP contribution in [0.3, 0.4) is 0 Å². The van der Waals surface area contributed by atoms with E-state index in [2.05, 4.69) is 42.9 Å². The fraction of sp³-hybridized carbons (Fsp3) is 0.182. The molecule has 2 aromatic rings. The lowest BCUT2D eigenvalue weighted by molar-refractivity contribution is 0.861. The Kier molecular flexibility index (Phi) is 3.79. The van der Waals surface area contributed by atoms with Gasteiger partial charge < -0.3 is 5.73 Å². The van der Waals surface area contributed by atoms with Crippen LogP contribution < -0.4 is 5.73 Å². The minimum Gasteiger partial charge on any atom is -0.320 e. The van der Waals surface area contributed by atoms with Crippen LogP contribution in [0, 0.1) is 6.92 Å². The van der Waals surface area contributed by atoms with E-state index in [1.807, 2.05) is 25.4 Å². The number of halogens is 2. The molecule has 0 aliphatic rings. The van der Waals surface area contributed by atoms with E-state index in [9.17, 15) is 0 Å². The molecule has 0 amide bonds. The number of nitrogens with zero attached hydrogens (tertiary/aromatic N) is 1. The lowest BCUT2D eigenvalue weighted by Gasteiger charge is -2.11. The van der Waals surface area contributed by atoms with Gasteiger partial charge in [0, 0.05) is 12.4 Å². The van der Waals surface area contributed by atoms with Crippen LogP contribution in [0.25, 0.3) is 0 Å². The molecule has 16 heavy (non-hydrogen) atoms. The zero-order chi connectivity index (χ0) is 11.7. The molecule has 0 fully saturated rings. The zero-order valence-corrected chi connectivity index (χ0v) is 12.6. The summed E-state index contributed by atoms with van der Waals surface area (Å²) in [5.41, 5.74) is 9.46. The number of rotatable bonds is 2. The highest BCUT2D eigenvalue weighted by atomic mass is 79.9. The van der Waals surface area contributed by atoms with E-state index in [1.165, 1.54) is 0 Å². The minimum atomic E-state index is -0.135. The molecular weight excluding hydrogens is 352 g/mol. The molecule has 2 aromatic heterocycles. The summed E-state index contributed by atoms with van der Waals surface area (Å²) >= 11 is 8.61. The van der Waals surface area contributed by atoms with Gasteiger partial charge in [0.1, 0.15) is 0 Å². The Morgan fingerprint density at radius 2 is 2.06 bits per heavy atom. The molecule has 2 rings (SSSR count). The first-order valence-electron chi connectivity index (χ1n) is 4.70. The Labute approximate surface area is 115 Å². The predicted molar refractivity (Wildman–Crippen MR) is 74.7 cm³/mol. The number of nitrogens with two attached hydrogens (primary N) is 1. The van der Waals surface area contributed by atoms with Gasteiger partial charge in [0.25, 0.3) is 0 Å². The molecule has 2 heterocycles. The molecule has 0 aliphatic heterocycles. The lowest BCUT2D eigenvalue weighted by Crippen LogP contribution is -2.11. The topological polar surface area (TPSA) is 38.9 Å². The largest absolute Gasteiger partial charge is 0.320 e. The van der Waals surface area contributed by atoms with Gasteiger partial charge in [0.05, 0.1) is 13.6 Å². The third-order valence-electron chi connectivity index (χ3n) is 2.27. The number of aromatic nitrogens is 1. The molecule has 0 spiro atoms. The maximum atomic E-state index is 6.22. The van der Waals surface area contributed by atoms with Crippen molar-refractivity contribution in [3.05, 3.63) is 48.8 Å². The van der Waals surface area contributed by atoms with Crippen LogP contribution in [0.5, 0.6) is 0 Å². The van der Waals surface area contributed by atoms with Crippen LogP contribution in [0.15, 0.2) is 32.1 Å². The second-order valence-electron chi connectivity index (χ2n) is 3.55. The van der Waals surface area contributed by atoms with Crippen molar-refractivity contribution >= 4 is 43.2 Å². The average molecular weight is 362 g/mol. The van der Waals surface area contributed by atoms with Gasteiger partial charge in [-0.2, -0.15) is 0 Å². The van der Waals surface area contributed by atoms with Crippen LogP contribution >= 0.6 is 43.2 Å². The van der Waals surface area contributed by atoms with Crippen molar-refractivity contribution in [1.82, 2.24) is 4.98 Å². The molecule has 0 saturated heterocycles. The molecule has 2 nitrogen and oxygen atoms in total. The van der Waals surface area contributed by atoms with E-state index in [4.69, 9.17) is 5.73 Å². The number of pyridine rings is 1. The quantitative estimate of drug-likeness (QED) is 0.877. The maximum absolute atomic E-state index is 6.22. The van der Waals surface area contributed by atoms with Crippen molar-refractivity contribution < 1.29 is 0 Å². The molecule has 0 bridgehead atoms. The smallest absolute Gasteiger partial charge is 0.0761 e. The van der Waals surface area contributed by atoms with E-state index in [1.54, 1.807) is 11.3 Å². The molecule has 1 atom stereocenters. The molecule has 0 saturated carbocycles. The first-order chi connectivity index (χ1) is 7.58. The van der Waals surface area contributed by atoms with Crippen molar-refractivity contribution in [2.75, 3.05) is 0 Å². The molecule has 1 unspecified atom stereocenters. The van der Waals surface area contributed by atoms with Crippen LogP contribution in [0.2, 0.25) is 0 Å². The Morgan fingerprint density at radius 3 is 2.62 bits per heavy atom. The third-order valence-corrected chi connectivity index (χ3v) is 4.66. The van der Waals surface area contributed by atoms with Crippen molar-refractivity contribution in [2.24, 2.45) is 5.73 Å². The third kappa shape index (κ3) is 2.53. The highest BCUT2D eigenvalue weighted by Gasteiger charge is 2.15. The molecular formula is C11H10Br2N2S. The number of hydrogen-bond acceptors (Lipinski definition) is 3. The molecule has 0 aliphatic carbocycles. The summed E-state index contributed by atoms with van der Waals surface area (Å²) in [5, 5.41) is 0. The standard InChI is InChI=1S/C11H10Br2N2S/c1-6-2-7(5-15-4-6)10(14)8-3-9(12)16-11(8)13/h2-5,10H,14H2,1H3. The minimum absolute atomic E-state index is 0.135. The van der Waals surface area contributed by atoms with E-state index in [0.717, 1.165) is 24.3 Å². The molecule has 2 N–H and O–H groups in total. The van der Waals surface area contributed by atoms with Gasteiger partial charge in [-0.3, -0.25) is 4.98 Å². The van der Waals surface area contributed by atoms with Crippen molar-refractivity contribution in [3.8, 4) is 0 Å². The fourth-order valence-corrected chi connectivity index (χ4v) is 4.42. The van der Waals surface area contributed by atoms with Gasteiger partial charge in [-0.25, -0.2) is 0 Å². The van der Waals surface area contributed by atoms with Gasteiger partial charge in [-0.05, 0) is 61.5 Å². The van der Waals surface area contributed by atoms with Gasteiger partial charge >= 0.3 is 0 Å². The SMILES string of the molecule is Cc1cncc(C(N)c2cc(Br)sc2Br)c1. The Morgan fingerprint density at radius 1 is 1.31 bits per heavy atom. The Hall–Kier alpha value is -0.230. The Balaban J connectivity index is 2.38. The van der Waals surface area contributed by atoms with Crippen LogP contribution in [0.1, 0.15) is 22.7 Å². The number of aryl methyl sites for hydroxylation is 1. The average Bonchev–Trinajstić information content (AvgIpc) is 2.57. The zero-order valence-electron chi connectivity index (χ0n) is 8.58. The van der Waals surface area contributed by atoms with Gasteiger partial charge in [0.2, 0.25) is 0 Å². The fourth-order valence-electron chi connectivity index (χ4n) is 1.49. The first-order valence-corrected chi connectivity index (χ1v) is 7.10. The van der Waals surface area contributed by atoms with Crippen molar-refractivity contribution in [1.29, 1.82) is 0 Å². The summed E-state index contributed by atoms with van der Waals surface area (Å²) in [6.07, 6.45) is 3.64. The number of hydrogen-bond donors (Lipinski definition) is 1. The Bertz CT molecular complexity index is 510. The van der Waals surface area contributed by atoms with Crippen LogP contribution in [-0.4, -0.2) is 4.98 Å². The second kappa shape index (κ2) is 4.96. The van der Waals surface area contributed by atoms with Gasteiger partial charge in [-0.15, -0.1) is 11.3 Å². The maximum Gasteiger partial charge on any atom is 0.0761 e. The molecule has 0 aromatic carbocycles. The summed E-state index contributed by atoms with van der Waals surface area (Å²) in [6.45, 7) is 2.02.